The van der Waals surface area contributed by atoms with Crippen molar-refractivity contribution in [1.82, 2.24) is 5.32 Å². The smallest absolute Gasteiger partial charge is 0.223 e. The molecular weight excluding hydrogens is 258 g/mol. The zero-order chi connectivity index (χ0) is 15.3. The fourth-order valence-electron chi connectivity index (χ4n) is 3.87. The minimum atomic E-state index is 0.135. The van der Waals surface area contributed by atoms with Gasteiger partial charge in [0.1, 0.15) is 0 Å². The summed E-state index contributed by atoms with van der Waals surface area (Å²) in [4.78, 5) is 12.7. The lowest BCUT2D eigenvalue weighted by Gasteiger charge is -2.42. The van der Waals surface area contributed by atoms with E-state index in [1.807, 2.05) is 6.07 Å². The number of rotatable bonds is 5. The number of benzene rings is 1. The second-order valence-corrected chi connectivity index (χ2v) is 7.05. The highest BCUT2D eigenvalue weighted by molar-refractivity contribution is 5.79. The number of hydrogen-bond acceptors (Lipinski definition) is 1. The molecule has 0 aromatic heterocycles. The third-order valence-electron chi connectivity index (χ3n) is 5.07. The van der Waals surface area contributed by atoms with E-state index in [4.69, 9.17) is 0 Å². The molecule has 0 bridgehead atoms. The maximum absolute atomic E-state index is 12.7. The summed E-state index contributed by atoms with van der Waals surface area (Å²) < 4.78 is 0. The molecule has 2 nitrogen and oxygen atoms in total. The van der Waals surface area contributed by atoms with E-state index in [1.165, 1.54) is 24.8 Å². The quantitative estimate of drug-likeness (QED) is 0.864. The largest absolute Gasteiger partial charge is 0.356 e. The molecule has 1 saturated carbocycles. The van der Waals surface area contributed by atoms with Crippen LogP contribution in [-0.2, 0) is 11.2 Å². The molecule has 0 heterocycles. The van der Waals surface area contributed by atoms with Crippen LogP contribution < -0.4 is 5.32 Å². The normalized spacial score (nSPS) is 24.5. The molecule has 2 rings (SSSR count). The van der Waals surface area contributed by atoms with Crippen molar-refractivity contribution in [2.45, 2.75) is 52.9 Å². The summed E-state index contributed by atoms with van der Waals surface area (Å²) in [5.74, 6) is 0.986. The zero-order valence-corrected chi connectivity index (χ0v) is 13.7. The number of carbonyl (C=O) groups is 1. The summed E-state index contributed by atoms with van der Waals surface area (Å²) >= 11 is 0. The number of nitrogens with one attached hydrogen (secondary N) is 1. The first-order chi connectivity index (χ1) is 10.0. The van der Waals surface area contributed by atoms with Gasteiger partial charge in [0, 0.05) is 12.5 Å². The van der Waals surface area contributed by atoms with Gasteiger partial charge in [-0.3, -0.25) is 4.79 Å². The molecule has 2 heteroatoms. The average Bonchev–Trinajstić information content (AvgIpc) is 2.46. The van der Waals surface area contributed by atoms with Crippen LogP contribution in [0.15, 0.2) is 30.3 Å². The Kier molecular flexibility index (Phi) is 5.44. The maximum atomic E-state index is 12.7. The molecule has 2 unspecified atom stereocenters. The Labute approximate surface area is 129 Å². The van der Waals surface area contributed by atoms with Crippen LogP contribution in [0.3, 0.4) is 0 Å². The van der Waals surface area contributed by atoms with Gasteiger partial charge in [-0.15, -0.1) is 0 Å². The molecule has 1 aliphatic rings. The van der Waals surface area contributed by atoms with Crippen molar-refractivity contribution >= 4 is 5.91 Å². The maximum Gasteiger partial charge on any atom is 0.223 e. The van der Waals surface area contributed by atoms with Crippen LogP contribution in [-0.4, -0.2) is 12.5 Å². The lowest BCUT2D eigenvalue weighted by Crippen LogP contribution is -2.46. The first-order valence-electron chi connectivity index (χ1n) is 8.36. The predicted molar refractivity (Wildman–Crippen MR) is 88.1 cm³/mol. The van der Waals surface area contributed by atoms with Crippen LogP contribution >= 0.6 is 0 Å². The monoisotopic (exact) mass is 287 g/mol. The SMILES string of the molecule is CCC1CCCC(C)(C)C1C(=O)NCCc1ccccc1. The average molecular weight is 287 g/mol. The lowest BCUT2D eigenvalue weighted by atomic mass is 9.62. The summed E-state index contributed by atoms with van der Waals surface area (Å²) in [5, 5.41) is 3.18. The highest BCUT2D eigenvalue weighted by Crippen LogP contribution is 2.45. The van der Waals surface area contributed by atoms with Crippen LogP contribution in [0.4, 0.5) is 0 Å². The topological polar surface area (TPSA) is 29.1 Å². The molecule has 2 atom stereocenters. The van der Waals surface area contributed by atoms with E-state index >= 15 is 0 Å². The van der Waals surface area contributed by atoms with E-state index in [-0.39, 0.29) is 17.2 Å². The second-order valence-electron chi connectivity index (χ2n) is 7.05. The highest BCUT2D eigenvalue weighted by Gasteiger charge is 2.42. The molecule has 0 radical (unpaired) electrons. The van der Waals surface area contributed by atoms with Crippen molar-refractivity contribution in [3.63, 3.8) is 0 Å². The van der Waals surface area contributed by atoms with Crippen molar-refractivity contribution in [2.24, 2.45) is 17.3 Å². The van der Waals surface area contributed by atoms with Crippen molar-refractivity contribution in [3.05, 3.63) is 35.9 Å². The Hall–Kier alpha value is -1.31. The van der Waals surface area contributed by atoms with Gasteiger partial charge < -0.3 is 5.32 Å². The Morgan fingerprint density at radius 2 is 2.00 bits per heavy atom. The number of amides is 1. The molecule has 0 aliphatic heterocycles. The first kappa shape index (κ1) is 16.1. The van der Waals surface area contributed by atoms with Gasteiger partial charge in [0.25, 0.3) is 0 Å². The third kappa shape index (κ3) is 4.09. The van der Waals surface area contributed by atoms with Gasteiger partial charge in [-0.05, 0) is 36.2 Å². The molecular formula is C19H29NO. The van der Waals surface area contributed by atoms with E-state index < -0.39 is 0 Å². The Bertz CT molecular complexity index is 452. The van der Waals surface area contributed by atoms with Crippen LogP contribution in [0, 0.1) is 17.3 Å². The fraction of sp³-hybridized carbons (Fsp3) is 0.632. The summed E-state index contributed by atoms with van der Waals surface area (Å²) in [6, 6.07) is 10.4. The summed E-state index contributed by atoms with van der Waals surface area (Å²) in [7, 11) is 0. The van der Waals surface area contributed by atoms with Crippen LogP contribution in [0.1, 0.15) is 52.0 Å². The molecule has 1 amide bonds. The molecule has 116 valence electrons. The Morgan fingerprint density at radius 3 is 2.67 bits per heavy atom. The van der Waals surface area contributed by atoms with Crippen LogP contribution in [0.5, 0.6) is 0 Å². The van der Waals surface area contributed by atoms with Crippen molar-refractivity contribution < 1.29 is 4.79 Å². The highest BCUT2D eigenvalue weighted by atomic mass is 16.1. The predicted octanol–water partition coefficient (Wildman–Crippen LogP) is 4.20. The first-order valence-corrected chi connectivity index (χ1v) is 8.36. The van der Waals surface area contributed by atoms with E-state index in [0.717, 1.165) is 19.4 Å². The standard InChI is InChI=1S/C19H29NO/c1-4-16-11-8-13-19(2,3)17(16)18(21)20-14-12-15-9-6-5-7-10-15/h5-7,9-10,16-17H,4,8,11-14H2,1-3H3,(H,20,21). The summed E-state index contributed by atoms with van der Waals surface area (Å²) in [6.07, 6.45) is 5.66. The van der Waals surface area contributed by atoms with Gasteiger partial charge in [0.05, 0.1) is 0 Å². The third-order valence-corrected chi connectivity index (χ3v) is 5.07. The van der Waals surface area contributed by atoms with Crippen LogP contribution in [0.25, 0.3) is 0 Å². The van der Waals surface area contributed by atoms with Crippen molar-refractivity contribution in [3.8, 4) is 0 Å². The van der Waals surface area contributed by atoms with Gasteiger partial charge in [-0.25, -0.2) is 0 Å². The Morgan fingerprint density at radius 1 is 1.29 bits per heavy atom. The number of hydrogen-bond donors (Lipinski definition) is 1. The minimum absolute atomic E-state index is 0.135. The number of carbonyl (C=O) groups excluding carboxylic acids is 1. The summed E-state index contributed by atoms with van der Waals surface area (Å²) in [5.41, 5.74) is 1.42. The van der Waals surface area contributed by atoms with Gasteiger partial charge in [-0.1, -0.05) is 63.9 Å². The van der Waals surface area contributed by atoms with E-state index in [0.29, 0.717) is 5.92 Å². The molecule has 1 aromatic rings. The molecule has 0 spiro atoms. The van der Waals surface area contributed by atoms with E-state index in [9.17, 15) is 4.79 Å². The molecule has 1 N–H and O–H groups in total. The lowest BCUT2D eigenvalue weighted by molar-refractivity contribution is -0.133. The minimum Gasteiger partial charge on any atom is -0.356 e. The van der Waals surface area contributed by atoms with Gasteiger partial charge >= 0.3 is 0 Å². The van der Waals surface area contributed by atoms with E-state index in [2.05, 4.69) is 50.4 Å². The van der Waals surface area contributed by atoms with Gasteiger partial charge in [0.2, 0.25) is 5.91 Å². The van der Waals surface area contributed by atoms with Crippen LogP contribution in [0.2, 0.25) is 0 Å². The molecule has 1 aliphatic carbocycles. The zero-order valence-electron chi connectivity index (χ0n) is 13.7. The fourth-order valence-corrected chi connectivity index (χ4v) is 3.87. The summed E-state index contributed by atoms with van der Waals surface area (Å²) in [6.45, 7) is 7.48. The van der Waals surface area contributed by atoms with Gasteiger partial charge in [-0.2, -0.15) is 0 Å². The Balaban J connectivity index is 1.91. The second kappa shape index (κ2) is 7.11. The van der Waals surface area contributed by atoms with Crippen molar-refractivity contribution in [1.29, 1.82) is 0 Å². The molecule has 1 fully saturated rings. The molecule has 1 aromatic carbocycles. The van der Waals surface area contributed by atoms with Gasteiger partial charge in [0.15, 0.2) is 0 Å². The molecule has 0 saturated heterocycles. The molecule has 21 heavy (non-hydrogen) atoms. The van der Waals surface area contributed by atoms with E-state index in [1.54, 1.807) is 0 Å². The van der Waals surface area contributed by atoms with Crippen molar-refractivity contribution in [2.75, 3.05) is 6.54 Å².